The molecule has 0 spiro atoms. The van der Waals surface area contributed by atoms with Gasteiger partial charge in [-0.1, -0.05) is 32.0 Å². The van der Waals surface area contributed by atoms with E-state index < -0.39 is 0 Å². The predicted octanol–water partition coefficient (Wildman–Crippen LogP) is 3.15. The molecule has 2 heteroatoms. The van der Waals surface area contributed by atoms with Gasteiger partial charge in [-0.3, -0.25) is 9.69 Å². The van der Waals surface area contributed by atoms with Crippen molar-refractivity contribution in [1.29, 1.82) is 0 Å². The highest BCUT2D eigenvalue weighted by atomic mass is 16.1. The van der Waals surface area contributed by atoms with Gasteiger partial charge in [0.25, 0.3) is 0 Å². The van der Waals surface area contributed by atoms with Crippen LogP contribution in [0.1, 0.15) is 49.8 Å². The molecular formula is C16H23NO. The highest BCUT2D eigenvalue weighted by molar-refractivity contribution is 5.75. The summed E-state index contributed by atoms with van der Waals surface area (Å²) in [5, 5.41) is 0. The third kappa shape index (κ3) is 3.20. The lowest BCUT2D eigenvalue weighted by Gasteiger charge is -2.29. The lowest BCUT2D eigenvalue weighted by molar-refractivity contribution is -0.117. The van der Waals surface area contributed by atoms with E-state index in [0.29, 0.717) is 12.3 Å². The molecule has 0 radical (unpaired) electrons. The van der Waals surface area contributed by atoms with Gasteiger partial charge in [-0.25, -0.2) is 0 Å². The van der Waals surface area contributed by atoms with Crippen LogP contribution in [0.4, 0.5) is 0 Å². The van der Waals surface area contributed by atoms with Gasteiger partial charge in [-0.05, 0) is 36.0 Å². The van der Waals surface area contributed by atoms with Crippen molar-refractivity contribution >= 4 is 5.78 Å². The van der Waals surface area contributed by atoms with Crippen molar-refractivity contribution < 1.29 is 4.79 Å². The number of hydrogen-bond donors (Lipinski definition) is 0. The molecule has 2 nitrogen and oxygen atoms in total. The Morgan fingerprint density at radius 2 is 2.11 bits per heavy atom. The van der Waals surface area contributed by atoms with Crippen LogP contribution in [-0.2, 0) is 17.8 Å². The quantitative estimate of drug-likeness (QED) is 0.812. The number of rotatable bonds is 4. The molecule has 0 aromatic heterocycles. The van der Waals surface area contributed by atoms with Gasteiger partial charge < -0.3 is 0 Å². The number of fused-ring (bicyclic) bond motifs is 1. The Morgan fingerprint density at radius 3 is 2.78 bits per heavy atom. The van der Waals surface area contributed by atoms with E-state index in [0.717, 1.165) is 26.1 Å². The zero-order chi connectivity index (χ0) is 13.1. The predicted molar refractivity (Wildman–Crippen MR) is 74.8 cm³/mol. The first-order chi connectivity index (χ1) is 8.56. The first-order valence-corrected chi connectivity index (χ1v) is 6.89. The number of carbonyl (C=O) groups is 1. The maximum atomic E-state index is 11.0. The van der Waals surface area contributed by atoms with Gasteiger partial charge in [0.15, 0.2) is 0 Å². The molecule has 1 heterocycles. The minimum Gasteiger partial charge on any atom is -0.300 e. The van der Waals surface area contributed by atoms with Gasteiger partial charge in [0.05, 0.1) is 0 Å². The van der Waals surface area contributed by atoms with Gasteiger partial charge in [-0.2, -0.15) is 0 Å². The SMILES string of the molecule is CC(=O)CCN1CCc2cc(C(C)C)ccc2C1. The second kappa shape index (κ2) is 5.66. The highest BCUT2D eigenvalue weighted by Crippen LogP contribution is 2.23. The number of nitrogens with zero attached hydrogens (tertiary/aromatic N) is 1. The van der Waals surface area contributed by atoms with Crippen LogP contribution in [0.15, 0.2) is 18.2 Å². The van der Waals surface area contributed by atoms with Gasteiger partial charge in [0.2, 0.25) is 0 Å². The molecule has 98 valence electrons. The van der Waals surface area contributed by atoms with Crippen LogP contribution in [0.5, 0.6) is 0 Å². The Hall–Kier alpha value is -1.15. The molecule has 1 aliphatic rings. The molecule has 0 N–H and O–H groups in total. The number of benzene rings is 1. The smallest absolute Gasteiger partial charge is 0.131 e. The second-order valence-corrected chi connectivity index (χ2v) is 5.66. The van der Waals surface area contributed by atoms with Crippen LogP contribution in [0, 0.1) is 0 Å². The lowest BCUT2D eigenvalue weighted by atomic mass is 9.93. The maximum absolute atomic E-state index is 11.0. The maximum Gasteiger partial charge on any atom is 0.131 e. The monoisotopic (exact) mass is 245 g/mol. The fourth-order valence-corrected chi connectivity index (χ4v) is 2.50. The average Bonchev–Trinajstić information content (AvgIpc) is 2.35. The van der Waals surface area contributed by atoms with Gasteiger partial charge in [0, 0.05) is 26.1 Å². The van der Waals surface area contributed by atoms with Crippen LogP contribution in [0.2, 0.25) is 0 Å². The van der Waals surface area contributed by atoms with E-state index in [1.807, 2.05) is 0 Å². The van der Waals surface area contributed by atoms with E-state index in [9.17, 15) is 4.79 Å². The number of hydrogen-bond acceptors (Lipinski definition) is 2. The van der Waals surface area contributed by atoms with Crippen molar-refractivity contribution in [3.8, 4) is 0 Å². The summed E-state index contributed by atoms with van der Waals surface area (Å²) in [5.74, 6) is 0.891. The third-order valence-corrected chi connectivity index (χ3v) is 3.77. The zero-order valence-electron chi connectivity index (χ0n) is 11.7. The second-order valence-electron chi connectivity index (χ2n) is 5.66. The summed E-state index contributed by atoms with van der Waals surface area (Å²) in [5.41, 5.74) is 4.38. The molecule has 1 aliphatic heterocycles. The van der Waals surface area contributed by atoms with Crippen LogP contribution < -0.4 is 0 Å². The molecule has 0 aliphatic carbocycles. The van der Waals surface area contributed by atoms with Crippen molar-refractivity contribution in [2.24, 2.45) is 0 Å². The Bertz CT molecular complexity index is 437. The largest absolute Gasteiger partial charge is 0.300 e. The van der Waals surface area contributed by atoms with E-state index >= 15 is 0 Å². The number of ketones is 1. The van der Waals surface area contributed by atoms with Gasteiger partial charge >= 0.3 is 0 Å². The fourth-order valence-electron chi connectivity index (χ4n) is 2.50. The molecule has 0 amide bonds. The van der Waals surface area contributed by atoms with Gasteiger partial charge in [0.1, 0.15) is 5.78 Å². The molecule has 0 atom stereocenters. The topological polar surface area (TPSA) is 20.3 Å². The van der Waals surface area contributed by atoms with E-state index in [1.54, 1.807) is 6.92 Å². The molecule has 0 unspecified atom stereocenters. The first kappa shape index (κ1) is 13.3. The van der Waals surface area contributed by atoms with E-state index in [4.69, 9.17) is 0 Å². The Labute approximate surface area is 110 Å². The van der Waals surface area contributed by atoms with Crippen LogP contribution in [-0.4, -0.2) is 23.8 Å². The van der Waals surface area contributed by atoms with E-state index in [2.05, 4.69) is 36.9 Å². The van der Waals surface area contributed by atoms with Crippen molar-refractivity contribution in [3.63, 3.8) is 0 Å². The highest BCUT2D eigenvalue weighted by Gasteiger charge is 2.16. The number of Topliss-reactive ketones (excluding diaryl/α,β-unsaturated/α-hetero) is 1. The summed E-state index contributed by atoms with van der Waals surface area (Å²) in [7, 11) is 0. The van der Waals surface area contributed by atoms with Crippen LogP contribution in [0.3, 0.4) is 0 Å². The molecule has 0 saturated carbocycles. The molecule has 1 aromatic carbocycles. The molecule has 1 aromatic rings. The third-order valence-electron chi connectivity index (χ3n) is 3.77. The van der Waals surface area contributed by atoms with Crippen molar-refractivity contribution in [2.75, 3.05) is 13.1 Å². The molecule has 18 heavy (non-hydrogen) atoms. The minimum atomic E-state index is 0.288. The lowest BCUT2D eigenvalue weighted by Crippen LogP contribution is -2.32. The van der Waals surface area contributed by atoms with E-state index in [-0.39, 0.29) is 5.78 Å². The summed E-state index contributed by atoms with van der Waals surface area (Å²) in [6, 6.07) is 6.88. The van der Waals surface area contributed by atoms with Crippen molar-refractivity contribution in [3.05, 3.63) is 34.9 Å². The summed E-state index contributed by atoms with van der Waals surface area (Å²) >= 11 is 0. The molecule has 0 saturated heterocycles. The molecular weight excluding hydrogens is 222 g/mol. The van der Waals surface area contributed by atoms with Crippen molar-refractivity contribution in [2.45, 2.75) is 46.1 Å². The first-order valence-electron chi connectivity index (χ1n) is 6.89. The minimum absolute atomic E-state index is 0.288. The molecule has 0 fully saturated rings. The van der Waals surface area contributed by atoms with Gasteiger partial charge in [-0.15, -0.1) is 0 Å². The fraction of sp³-hybridized carbons (Fsp3) is 0.562. The molecule has 2 rings (SSSR count). The Morgan fingerprint density at radius 1 is 1.33 bits per heavy atom. The molecule has 0 bridgehead atoms. The normalized spacial score (nSPS) is 15.8. The Kier molecular flexibility index (Phi) is 4.18. The van der Waals surface area contributed by atoms with E-state index in [1.165, 1.54) is 16.7 Å². The zero-order valence-corrected chi connectivity index (χ0v) is 11.7. The standard InChI is InChI=1S/C16H23NO/c1-12(2)14-4-5-16-11-17(8-6-13(3)18)9-7-15(16)10-14/h4-5,10,12H,6-9,11H2,1-3H3. The van der Waals surface area contributed by atoms with Crippen LogP contribution >= 0.6 is 0 Å². The summed E-state index contributed by atoms with van der Waals surface area (Å²) in [6.07, 6.45) is 1.80. The Balaban J connectivity index is 2.04. The summed E-state index contributed by atoms with van der Waals surface area (Å²) in [4.78, 5) is 13.4. The summed E-state index contributed by atoms with van der Waals surface area (Å²) in [6.45, 7) is 9.14. The number of carbonyl (C=O) groups excluding carboxylic acids is 1. The average molecular weight is 245 g/mol. The summed E-state index contributed by atoms with van der Waals surface area (Å²) < 4.78 is 0. The van der Waals surface area contributed by atoms with Crippen LogP contribution in [0.25, 0.3) is 0 Å². The van der Waals surface area contributed by atoms with Crippen molar-refractivity contribution in [1.82, 2.24) is 4.90 Å².